The number of benzene rings is 2. The molecule has 2 heterocycles. The lowest BCUT2D eigenvalue weighted by atomic mass is 9.85. The zero-order valence-corrected chi connectivity index (χ0v) is 16.5. The zero-order valence-electron chi connectivity index (χ0n) is 15.7. The van der Waals surface area contributed by atoms with Gasteiger partial charge in [0.05, 0.1) is 10.6 Å². The minimum absolute atomic E-state index is 0.0507. The number of hydrogen-bond acceptors (Lipinski definition) is 3. The van der Waals surface area contributed by atoms with Gasteiger partial charge in [-0.25, -0.2) is 4.39 Å². The zero-order chi connectivity index (χ0) is 19.2. The monoisotopic (exact) mass is 383 g/mol. The van der Waals surface area contributed by atoms with Crippen molar-refractivity contribution in [2.45, 2.75) is 31.8 Å². The van der Waals surface area contributed by atoms with Crippen molar-refractivity contribution < 1.29 is 4.39 Å². The molecule has 2 aromatic carbocycles. The highest BCUT2D eigenvalue weighted by Crippen LogP contribution is 2.39. The fourth-order valence-electron chi connectivity index (χ4n) is 4.43. The molecule has 0 bridgehead atoms. The van der Waals surface area contributed by atoms with Crippen LogP contribution in [0, 0.1) is 24.1 Å². The molecule has 0 radical (unpaired) electrons. The van der Waals surface area contributed by atoms with Crippen LogP contribution < -0.4 is 0 Å². The third-order valence-corrected chi connectivity index (χ3v) is 6.67. The molecule has 3 nitrogen and oxygen atoms in total. The van der Waals surface area contributed by atoms with Gasteiger partial charge in [-0.05, 0) is 56.1 Å². The third kappa shape index (κ3) is 3.25. The second-order valence-electron chi connectivity index (χ2n) is 7.95. The van der Waals surface area contributed by atoms with E-state index in [-0.39, 0.29) is 5.56 Å². The summed E-state index contributed by atoms with van der Waals surface area (Å²) >= 11 is 6.74. The molecule has 27 heavy (non-hydrogen) atoms. The molecule has 0 amide bonds. The fraction of sp³-hybridized carbons (Fsp3) is 0.409. The summed E-state index contributed by atoms with van der Waals surface area (Å²) in [5.41, 5.74) is 4.12. The van der Waals surface area contributed by atoms with E-state index in [9.17, 15) is 4.39 Å². The number of rotatable bonds is 3. The van der Waals surface area contributed by atoms with Crippen molar-refractivity contribution in [3.8, 4) is 17.2 Å². The summed E-state index contributed by atoms with van der Waals surface area (Å²) in [6.07, 6.45) is 2.48. The van der Waals surface area contributed by atoms with Crippen molar-refractivity contribution in [3.05, 3.63) is 57.9 Å². The lowest BCUT2D eigenvalue weighted by Gasteiger charge is -2.48. The van der Waals surface area contributed by atoms with Crippen LogP contribution in [-0.2, 0) is 6.54 Å². The molecule has 2 saturated heterocycles. The lowest BCUT2D eigenvalue weighted by Crippen LogP contribution is -2.59. The standard InChI is InChI=1S/C22H23ClFN3/c1-15-9-18(13-27-8-6-22(14-27)5-7-26(22)2)21(23)19(10-15)16-3-4-17(12-25)20(24)11-16/h3-4,9-11H,5-8,13-14H2,1-2H3. The Kier molecular flexibility index (Phi) is 4.71. The SMILES string of the molecule is Cc1cc(CN2CCC3(CCN3C)C2)c(Cl)c(-c2ccc(C#N)c(F)c2)c1. The molecule has 0 saturated carbocycles. The number of nitrogens with zero attached hydrogens (tertiary/aromatic N) is 3. The Balaban J connectivity index is 1.62. The highest BCUT2D eigenvalue weighted by Gasteiger charge is 2.46. The molecule has 2 aliphatic rings. The minimum atomic E-state index is -0.511. The lowest BCUT2D eigenvalue weighted by molar-refractivity contribution is 0.0189. The van der Waals surface area contributed by atoms with Gasteiger partial charge in [0.1, 0.15) is 11.9 Å². The average molecular weight is 384 g/mol. The molecule has 1 unspecified atom stereocenters. The molecular weight excluding hydrogens is 361 g/mol. The second kappa shape index (κ2) is 6.91. The van der Waals surface area contributed by atoms with Gasteiger partial charge in [-0.1, -0.05) is 29.3 Å². The van der Waals surface area contributed by atoms with E-state index < -0.39 is 5.82 Å². The number of nitriles is 1. The van der Waals surface area contributed by atoms with Crippen LogP contribution in [0.25, 0.3) is 11.1 Å². The van der Waals surface area contributed by atoms with Gasteiger partial charge in [-0.2, -0.15) is 5.26 Å². The molecule has 1 spiro atoms. The molecule has 2 fully saturated rings. The third-order valence-electron chi connectivity index (χ3n) is 6.22. The molecule has 1 atom stereocenters. The Morgan fingerprint density at radius 3 is 2.59 bits per heavy atom. The molecule has 5 heteroatoms. The summed E-state index contributed by atoms with van der Waals surface area (Å²) in [4.78, 5) is 4.94. The average Bonchev–Trinajstić information content (AvgIpc) is 3.09. The van der Waals surface area contributed by atoms with Crippen LogP contribution in [0.1, 0.15) is 29.5 Å². The van der Waals surface area contributed by atoms with Crippen LogP contribution in [0.3, 0.4) is 0 Å². The van der Waals surface area contributed by atoms with E-state index in [2.05, 4.69) is 22.9 Å². The Labute approximate surface area is 165 Å². The Bertz CT molecular complexity index is 936. The van der Waals surface area contributed by atoms with E-state index >= 15 is 0 Å². The summed E-state index contributed by atoms with van der Waals surface area (Å²) in [5, 5.41) is 9.62. The fourth-order valence-corrected chi connectivity index (χ4v) is 4.70. The van der Waals surface area contributed by atoms with Crippen molar-refractivity contribution >= 4 is 11.6 Å². The number of likely N-dealkylation sites (tertiary alicyclic amines) is 2. The van der Waals surface area contributed by atoms with Gasteiger partial charge in [0, 0.05) is 37.3 Å². The number of aryl methyl sites for hydroxylation is 1. The maximum absolute atomic E-state index is 14.1. The van der Waals surface area contributed by atoms with E-state index in [0.717, 1.165) is 36.3 Å². The van der Waals surface area contributed by atoms with Gasteiger partial charge in [0.2, 0.25) is 0 Å². The van der Waals surface area contributed by atoms with E-state index in [0.29, 0.717) is 16.1 Å². The van der Waals surface area contributed by atoms with Gasteiger partial charge >= 0.3 is 0 Å². The molecule has 2 aliphatic heterocycles. The summed E-state index contributed by atoms with van der Waals surface area (Å²) in [6, 6.07) is 10.7. The van der Waals surface area contributed by atoms with Crippen molar-refractivity contribution in [3.63, 3.8) is 0 Å². The largest absolute Gasteiger partial charge is 0.299 e. The van der Waals surface area contributed by atoms with Crippen molar-refractivity contribution in [1.82, 2.24) is 9.80 Å². The number of hydrogen-bond donors (Lipinski definition) is 0. The van der Waals surface area contributed by atoms with Crippen molar-refractivity contribution in [2.75, 3.05) is 26.7 Å². The first-order chi connectivity index (χ1) is 12.9. The Morgan fingerprint density at radius 2 is 2.00 bits per heavy atom. The van der Waals surface area contributed by atoms with Crippen LogP contribution >= 0.6 is 11.6 Å². The number of likely N-dealkylation sites (N-methyl/N-ethyl adjacent to an activating group) is 1. The van der Waals surface area contributed by atoms with Crippen LogP contribution in [0.5, 0.6) is 0 Å². The highest BCUT2D eigenvalue weighted by atomic mass is 35.5. The maximum Gasteiger partial charge on any atom is 0.141 e. The quantitative estimate of drug-likeness (QED) is 0.775. The van der Waals surface area contributed by atoms with E-state index in [1.807, 2.05) is 19.1 Å². The van der Waals surface area contributed by atoms with Gasteiger partial charge in [-0.3, -0.25) is 9.80 Å². The highest BCUT2D eigenvalue weighted by molar-refractivity contribution is 6.34. The van der Waals surface area contributed by atoms with Crippen LogP contribution in [0.2, 0.25) is 5.02 Å². The maximum atomic E-state index is 14.1. The Hall–Kier alpha value is -1.93. The van der Waals surface area contributed by atoms with Gasteiger partial charge in [0.25, 0.3) is 0 Å². The van der Waals surface area contributed by atoms with E-state index in [4.69, 9.17) is 16.9 Å². The molecular formula is C22H23ClFN3. The molecule has 0 aliphatic carbocycles. The Morgan fingerprint density at radius 1 is 1.22 bits per heavy atom. The smallest absolute Gasteiger partial charge is 0.141 e. The van der Waals surface area contributed by atoms with Gasteiger partial charge < -0.3 is 0 Å². The predicted molar refractivity (Wildman–Crippen MR) is 106 cm³/mol. The molecule has 2 aromatic rings. The molecule has 140 valence electrons. The number of halogens is 2. The summed E-state index contributed by atoms with van der Waals surface area (Å²) < 4.78 is 14.1. The molecule has 0 aromatic heterocycles. The van der Waals surface area contributed by atoms with Crippen molar-refractivity contribution in [1.29, 1.82) is 5.26 Å². The van der Waals surface area contributed by atoms with E-state index in [1.165, 1.54) is 31.5 Å². The first-order valence-electron chi connectivity index (χ1n) is 9.34. The normalized spacial score (nSPS) is 22.8. The second-order valence-corrected chi connectivity index (χ2v) is 8.33. The predicted octanol–water partition coefficient (Wildman–Crippen LogP) is 4.61. The molecule has 0 N–H and O–H groups in total. The van der Waals surface area contributed by atoms with Gasteiger partial charge in [-0.15, -0.1) is 0 Å². The van der Waals surface area contributed by atoms with Gasteiger partial charge in [0.15, 0.2) is 0 Å². The van der Waals surface area contributed by atoms with Crippen molar-refractivity contribution in [2.24, 2.45) is 0 Å². The minimum Gasteiger partial charge on any atom is -0.299 e. The summed E-state index contributed by atoms with van der Waals surface area (Å²) in [7, 11) is 2.21. The molecule has 4 rings (SSSR count). The van der Waals surface area contributed by atoms with Crippen LogP contribution in [0.4, 0.5) is 4.39 Å². The van der Waals surface area contributed by atoms with E-state index in [1.54, 1.807) is 6.07 Å². The topological polar surface area (TPSA) is 30.3 Å². The van der Waals surface area contributed by atoms with Crippen LogP contribution in [0.15, 0.2) is 30.3 Å². The first kappa shape index (κ1) is 18.4. The van der Waals surface area contributed by atoms with Crippen LogP contribution in [-0.4, -0.2) is 42.0 Å². The summed E-state index contributed by atoms with van der Waals surface area (Å²) in [6.45, 7) is 6.19. The first-order valence-corrected chi connectivity index (χ1v) is 9.72. The summed E-state index contributed by atoms with van der Waals surface area (Å²) in [5.74, 6) is -0.511.